The van der Waals surface area contributed by atoms with Gasteiger partial charge in [0.25, 0.3) is 0 Å². The molecule has 1 heterocycles. The van der Waals surface area contributed by atoms with Gasteiger partial charge in [-0.25, -0.2) is 9.78 Å². The highest BCUT2D eigenvalue weighted by Crippen LogP contribution is 2.29. The zero-order valence-corrected chi connectivity index (χ0v) is 12.1. The summed E-state index contributed by atoms with van der Waals surface area (Å²) in [6.45, 7) is 6.49. The highest BCUT2D eigenvalue weighted by atomic mass is 16.5. The number of carbonyl (C=O) groups is 1. The number of carboxylic acid groups (broad SMARTS) is 1. The van der Waals surface area contributed by atoms with Crippen LogP contribution in [0.3, 0.4) is 0 Å². The van der Waals surface area contributed by atoms with Gasteiger partial charge in [0, 0.05) is 18.8 Å². The van der Waals surface area contributed by atoms with Gasteiger partial charge in [-0.1, -0.05) is 0 Å². The summed E-state index contributed by atoms with van der Waals surface area (Å²) >= 11 is 0. The summed E-state index contributed by atoms with van der Waals surface area (Å²) < 4.78 is 7.07. The normalized spacial score (nSPS) is 10.6. The van der Waals surface area contributed by atoms with E-state index >= 15 is 0 Å². The van der Waals surface area contributed by atoms with Crippen molar-refractivity contribution in [3.05, 3.63) is 35.3 Å². The molecule has 20 heavy (non-hydrogen) atoms. The van der Waals surface area contributed by atoms with Gasteiger partial charge in [0.05, 0.1) is 12.3 Å². The van der Waals surface area contributed by atoms with Crippen LogP contribution in [0.1, 0.15) is 28.7 Å². The molecule has 0 aliphatic rings. The molecular weight excluding hydrogens is 256 g/mol. The third kappa shape index (κ3) is 2.52. The van der Waals surface area contributed by atoms with E-state index < -0.39 is 5.97 Å². The van der Waals surface area contributed by atoms with Crippen LogP contribution in [0.4, 0.5) is 0 Å². The number of aromatic carboxylic acids is 1. The van der Waals surface area contributed by atoms with Crippen molar-refractivity contribution in [1.82, 2.24) is 9.55 Å². The van der Waals surface area contributed by atoms with E-state index in [0.717, 1.165) is 22.4 Å². The van der Waals surface area contributed by atoms with Crippen molar-refractivity contribution in [3.8, 4) is 17.0 Å². The van der Waals surface area contributed by atoms with Crippen molar-refractivity contribution in [2.75, 3.05) is 6.61 Å². The van der Waals surface area contributed by atoms with Crippen LogP contribution in [0.5, 0.6) is 5.75 Å². The van der Waals surface area contributed by atoms with Crippen LogP contribution in [0, 0.1) is 13.8 Å². The molecule has 0 aliphatic heterocycles. The average Bonchev–Trinajstić information content (AvgIpc) is 2.76. The van der Waals surface area contributed by atoms with E-state index in [2.05, 4.69) is 4.98 Å². The second kappa shape index (κ2) is 5.36. The number of hydrogen-bond donors (Lipinski definition) is 1. The SMILES string of the molecule is CCOc1cc(C)c(-c2cn(C)c(C(=O)O)n2)cc1C. The predicted molar refractivity (Wildman–Crippen MR) is 76.2 cm³/mol. The lowest BCUT2D eigenvalue weighted by Crippen LogP contribution is -2.05. The minimum atomic E-state index is -1.03. The van der Waals surface area contributed by atoms with E-state index in [1.807, 2.05) is 32.9 Å². The molecule has 106 valence electrons. The maximum absolute atomic E-state index is 11.1. The fraction of sp³-hybridized carbons (Fsp3) is 0.333. The molecule has 0 unspecified atom stereocenters. The van der Waals surface area contributed by atoms with E-state index in [1.54, 1.807) is 13.2 Å². The van der Waals surface area contributed by atoms with Crippen LogP contribution in [-0.2, 0) is 7.05 Å². The molecule has 0 atom stereocenters. The third-order valence-corrected chi connectivity index (χ3v) is 3.17. The molecule has 0 amide bonds. The summed E-state index contributed by atoms with van der Waals surface area (Å²) in [6.07, 6.45) is 1.73. The average molecular weight is 274 g/mol. The molecule has 5 nitrogen and oxygen atoms in total. The Morgan fingerprint density at radius 1 is 1.35 bits per heavy atom. The molecule has 0 spiro atoms. The van der Waals surface area contributed by atoms with Crippen molar-refractivity contribution >= 4 is 5.97 Å². The molecule has 1 aromatic heterocycles. The highest BCUT2D eigenvalue weighted by Gasteiger charge is 2.15. The molecule has 0 radical (unpaired) electrons. The molecule has 0 fully saturated rings. The zero-order chi connectivity index (χ0) is 14.9. The first-order valence-electron chi connectivity index (χ1n) is 6.45. The Balaban J connectivity index is 2.50. The molecule has 1 aromatic carbocycles. The van der Waals surface area contributed by atoms with Gasteiger partial charge in [-0.2, -0.15) is 0 Å². The summed E-state index contributed by atoms with van der Waals surface area (Å²) in [5, 5.41) is 9.06. The molecule has 1 N–H and O–H groups in total. The topological polar surface area (TPSA) is 64.3 Å². The lowest BCUT2D eigenvalue weighted by atomic mass is 10.0. The van der Waals surface area contributed by atoms with Gasteiger partial charge in [-0.05, 0) is 44.0 Å². The fourth-order valence-electron chi connectivity index (χ4n) is 2.17. The Morgan fingerprint density at radius 3 is 2.60 bits per heavy atom. The van der Waals surface area contributed by atoms with Crippen LogP contribution in [0.2, 0.25) is 0 Å². The Hall–Kier alpha value is -2.30. The molecule has 0 saturated heterocycles. The van der Waals surface area contributed by atoms with Gasteiger partial charge < -0.3 is 14.4 Å². The van der Waals surface area contributed by atoms with Gasteiger partial charge >= 0.3 is 5.97 Å². The number of aromatic nitrogens is 2. The second-order valence-electron chi connectivity index (χ2n) is 4.73. The highest BCUT2D eigenvalue weighted by molar-refractivity contribution is 5.85. The summed E-state index contributed by atoms with van der Waals surface area (Å²) in [6, 6.07) is 3.94. The van der Waals surface area contributed by atoms with E-state index in [4.69, 9.17) is 9.84 Å². The second-order valence-corrected chi connectivity index (χ2v) is 4.73. The smallest absolute Gasteiger partial charge is 0.372 e. The Morgan fingerprint density at radius 2 is 2.05 bits per heavy atom. The summed E-state index contributed by atoms with van der Waals surface area (Å²) in [5.74, 6) is -0.145. The minimum absolute atomic E-state index is 0.0333. The predicted octanol–water partition coefficient (Wildman–Crippen LogP) is 2.80. The molecule has 5 heteroatoms. The van der Waals surface area contributed by atoms with Crippen LogP contribution in [0.25, 0.3) is 11.3 Å². The zero-order valence-electron chi connectivity index (χ0n) is 12.1. The quantitative estimate of drug-likeness (QED) is 0.931. The Bertz CT molecular complexity index is 659. The monoisotopic (exact) mass is 274 g/mol. The van der Waals surface area contributed by atoms with Crippen molar-refractivity contribution in [2.45, 2.75) is 20.8 Å². The fourth-order valence-corrected chi connectivity index (χ4v) is 2.17. The summed E-state index contributed by atoms with van der Waals surface area (Å²) in [4.78, 5) is 15.2. The lowest BCUT2D eigenvalue weighted by Gasteiger charge is -2.11. The lowest BCUT2D eigenvalue weighted by molar-refractivity contribution is 0.0680. The number of benzene rings is 1. The summed E-state index contributed by atoms with van der Waals surface area (Å²) in [7, 11) is 1.68. The van der Waals surface area contributed by atoms with Crippen molar-refractivity contribution in [2.24, 2.45) is 7.05 Å². The first-order chi connectivity index (χ1) is 9.43. The molecule has 0 bridgehead atoms. The van der Waals surface area contributed by atoms with Gasteiger partial charge in [-0.3, -0.25) is 0 Å². The molecule has 0 saturated carbocycles. The molecule has 2 aromatic rings. The Kier molecular flexibility index (Phi) is 3.79. The summed E-state index contributed by atoms with van der Waals surface area (Å²) in [5.41, 5.74) is 3.60. The number of imidazole rings is 1. The van der Waals surface area contributed by atoms with Crippen LogP contribution in [-0.4, -0.2) is 27.2 Å². The number of nitrogens with zero attached hydrogens (tertiary/aromatic N) is 2. The van der Waals surface area contributed by atoms with Crippen molar-refractivity contribution in [1.29, 1.82) is 0 Å². The van der Waals surface area contributed by atoms with Crippen molar-refractivity contribution in [3.63, 3.8) is 0 Å². The number of aryl methyl sites for hydroxylation is 3. The van der Waals surface area contributed by atoms with E-state index in [1.165, 1.54) is 4.57 Å². The number of hydrogen-bond acceptors (Lipinski definition) is 3. The number of ether oxygens (including phenoxy) is 1. The van der Waals surface area contributed by atoms with E-state index in [0.29, 0.717) is 12.3 Å². The first-order valence-corrected chi connectivity index (χ1v) is 6.45. The van der Waals surface area contributed by atoms with Gasteiger partial charge in [0.1, 0.15) is 5.75 Å². The largest absolute Gasteiger partial charge is 0.494 e. The molecule has 0 aliphatic carbocycles. The van der Waals surface area contributed by atoms with Crippen LogP contribution < -0.4 is 4.74 Å². The van der Waals surface area contributed by atoms with E-state index in [-0.39, 0.29) is 5.82 Å². The Labute approximate surface area is 117 Å². The maximum atomic E-state index is 11.1. The number of rotatable bonds is 4. The van der Waals surface area contributed by atoms with Crippen LogP contribution >= 0.6 is 0 Å². The van der Waals surface area contributed by atoms with E-state index in [9.17, 15) is 4.79 Å². The minimum Gasteiger partial charge on any atom is -0.494 e. The van der Waals surface area contributed by atoms with Crippen molar-refractivity contribution < 1.29 is 14.6 Å². The maximum Gasteiger partial charge on any atom is 0.372 e. The van der Waals surface area contributed by atoms with Gasteiger partial charge in [0.2, 0.25) is 5.82 Å². The number of carboxylic acids is 1. The van der Waals surface area contributed by atoms with Gasteiger partial charge in [0.15, 0.2) is 0 Å². The van der Waals surface area contributed by atoms with Gasteiger partial charge in [-0.15, -0.1) is 0 Å². The molecule has 2 rings (SSSR count). The third-order valence-electron chi connectivity index (χ3n) is 3.17. The standard InChI is InChI=1S/C15H18N2O3/c1-5-20-13-7-9(2)11(6-10(13)3)12-8-17(4)14(16-12)15(18)19/h6-8H,5H2,1-4H3,(H,18,19). The van der Waals surface area contributed by atoms with Crippen LogP contribution in [0.15, 0.2) is 18.3 Å². The molecular formula is C15H18N2O3. The first kappa shape index (κ1) is 14.1.